The Bertz CT molecular complexity index is 1590. The van der Waals surface area contributed by atoms with Crippen LogP contribution < -0.4 is 9.80 Å². The second-order valence-corrected chi connectivity index (χ2v) is 15.3. The first-order valence-electron chi connectivity index (χ1n) is 19.2. The number of halogens is 3. The van der Waals surface area contributed by atoms with E-state index in [0.29, 0.717) is 43.3 Å². The lowest BCUT2D eigenvalue weighted by molar-refractivity contribution is -0.137. The minimum Gasteiger partial charge on any atom is -0.450 e. The fourth-order valence-electron chi connectivity index (χ4n) is 9.63. The Morgan fingerprint density at radius 2 is 1.46 bits per heavy atom. The molecule has 0 N–H and O–H groups in total. The number of pyridine rings is 2. The van der Waals surface area contributed by atoms with E-state index < -0.39 is 11.7 Å². The van der Waals surface area contributed by atoms with E-state index in [4.69, 9.17) is 4.74 Å². The summed E-state index contributed by atoms with van der Waals surface area (Å²) >= 11 is 0. The van der Waals surface area contributed by atoms with E-state index in [1.807, 2.05) is 24.0 Å². The Balaban J connectivity index is 0.000000164. The maximum Gasteiger partial charge on any atom is 0.419 e. The fraction of sp³-hybridized carbons (Fsp3) is 0.641. The number of carbonyl (C=O) groups excluding carboxylic acids is 1. The van der Waals surface area contributed by atoms with Crippen LogP contribution in [0.4, 0.5) is 29.6 Å². The summed E-state index contributed by atoms with van der Waals surface area (Å²) in [7, 11) is 0. The number of rotatable bonds is 7. The van der Waals surface area contributed by atoms with E-state index in [-0.39, 0.29) is 11.9 Å². The smallest absolute Gasteiger partial charge is 0.419 e. The second kappa shape index (κ2) is 16.0. The molecule has 4 bridgehead atoms. The van der Waals surface area contributed by atoms with Gasteiger partial charge in [-0.15, -0.1) is 0 Å². The van der Waals surface area contributed by atoms with Gasteiger partial charge >= 0.3 is 12.3 Å². The number of anilines is 2. The van der Waals surface area contributed by atoms with Gasteiger partial charge in [-0.25, -0.2) is 14.8 Å². The number of carbonyl (C=O) groups is 1. The third-order valence-electron chi connectivity index (χ3n) is 12.1. The average Bonchev–Trinajstić information content (AvgIpc) is 3.85. The van der Waals surface area contributed by atoms with E-state index in [1.54, 1.807) is 11.1 Å². The van der Waals surface area contributed by atoms with Crippen molar-refractivity contribution in [2.75, 3.05) is 81.9 Å². The number of hydrogen-bond donors (Lipinski definition) is 0. The monoisotopic (exact) mass is 720 g/mol. The molecule has 10 nitrogen and oxygen atoms in total. The maximum atomic E-state index is 13.2. The number of ether oxygens (including phenoxy) is 1. The molecular weight excluding hydrogens is 669 g/mol. The molecule has 5 unspecified atom stereocenters. The number of piperazine rings is 2. The molecule has 2 aromatic heterocycles. The lowest BCUT2D eigenvalue weighted by atomic mass is 9.90. The summed E-state index contributed by atoms with van der Waals surface area (Å²) in [5, 5.41) is 9.30. The minimum atomic E-state index is -4.35. The van der Waals surface area contributed by atoms with Crippen LogP contribution in [0.1, 0.15) is 56.6 Å². The van der Waals surface area contributed by atoms with Crippen LogP contribution in [0, 0.1) is 35.0 Å². The number of piperidine rings is 1. The highest BCUT2D eigenvalue weighted by atomic mass is 19.4. The Morgan fingerprint density at radius 1 is 0.846 bits per heavy atom. The predicted octanol–water partition coefficient (Wildman–Crippen LogP) is 5.91. The summed E-state index contributed by atoms with van der Waals surface area (Å²) in [6, 6.07) is 9.09. The lowest BCUT2D eigenvalue weighted by Gasteiger charge is -2.42. The summed E-state index contributed by atoms with van der Waals surface area (Å²) in [4.78, 5) is 31.6. The van der Waals surface area contributed by atoms with Crippen LogP contribution in [0.15, 0.2) is 48.8 Å². The van der Waals surface area contributed by atoms with Crippen LogP contribution in [0.3, 0.4) is 0 Å². The van der Waals surface area contributed by atoms with Crippen LogP contribution in [-0.2, 0) is 10.9 Å². The molecule has 13 heteroatoms. The number of alkyl halides is 3. The van der Waals surface area contributed by atoms with Gasteiger partial charge in [0.15, 0.2) is 0 Å². The van der Waals surface area contributed by atoms with Gasteiger partial charge in [0, 0.05) is 89.9 Å². The molecule has 0 aromatic carbocycles. The topological polar surface area (TPSA) is 92.1 Å². The largest absolute Gasteiger partial charge is 0.450 e. The SMILES string of the molecule is CCOC(=O)N1C2CCC1CC(CN1CCN(c3ncccc3C#N)CC1)C2.FC(F)(F)c1cccnc1N1CCN(CC2CC3C=CC2C3)CC1. The molecule has 6 aliphatic rings. The van der Waals surface area contributed by atoms with Crippen LogP contribution in [-0.4, -0.2) is 115 Å². The number of fused-ring (bicyclic) bond motifs is 4. The van der Waals surface area contributed by atoms with Crippen molar-refractivity contribution in [1.82, 2.24) is 24.7 Å². The van der Waals surface area contributed by atoms with Gasteiger partial charge in [-0.2, -0.15) is 18.4 Å². The highest BCUT2D eigenvalue weighted by Crippen LogP contribution is 2.44. The normalized spacial score (nSPS) is 28.8. The number of hydrogen-bond acceptors (Lipinski definition) is 9. The van der Waals surface area contributed by atoms with Crippen LogP contribution in [0.25, 0.3) is 0 Å². The molecule has 280 valence electrons. The summed E-state index contributed by atoms with van der Waals surface area (Å²) in [6.07, 6.45) is 10.4. The van der Waals surface area contributed by atoms with Crippen molar-refractivity contribution in [3.05, 3.63) is 59.9 Å². The van der Waals surface area contributed by atoms with Crippen molar-refractivity contribution in [1.29, 1.82) is 5.26 Å². The lowest BCUT2D eigenvalue weighted by Crippen LogP contribution is -2.51. The van der Waals surface area contributed by atoms with E-state index in [0.717, 1.165) is 108 Å². The van der Waals surface area contributed by atoms with Gasteiger partial charge in [0.05, 0.1) is 17.7 Å². The van der Waals surface area contributed by atoms with Crippen LogP contribution >= 0.6 is 0 Å². The van der Waals surface area contributed by atoms with Gasteiger partial charge in [0.25, 0.3) is 0 Å². The third kappa shape index (κ3) is 8.18. The molecule has 8 rings (SSSR count). The zero-order chi connectivity index (χ0) is 36.2. The number of nitriles is 1. The molecule has 1 amide bonds. The number of amides is 1. The van der Waals surface area contributed by atoms with E-state index in [1.165, 1.54) is 25.1 Å². The molecule has 6 heterocycles. The number of allylic oxidation sites excluding steroid dienone is 2. The zero-order valence-corrected chi connectivity index (χ0v) is 30.1. The van der Waals surface area contributed by atoms with E-state index in [9.17, 15) is 23.2 Å². The van der Waals surface area contributed by atoms with Crippen molar-refractivity contribution < 1.29 is 22.7 Å². The fourth-order valence-corrected chi connectivity index (χ4v) is 9.63. The average molecular weight is 721 g/mol. The maximum absolute atomic E-state index is 13.2. The molecule has 0 radical (unpaired) electrons. The van der Waals surface area contributed by atoms with Crippen LogP contribution in [0.2, 0.25) is 0 Å². The molecular formula is C39H51F3N8O2. The first-order valence-corrected chi connectivity index (χ1v) is 19.2. The van der Waals surface area contributed by atoms with Crippen molar-refractivity contribution in [2.24, 2.45) is 23.7 Å². The van der Waals surface area contributed by atoms with Gasteiger partial charge in [-0.3, -0.25) is 9.80 Å². The Kier molecular flexibility index (Phi) is 11.2. The van der Waals surface area contributed by atoms with Crippen molar-refractivity contribution in [3.8, 4) is 6.07 Å². The molecule has 4 saturated heterocycles. The Labute approximate surface area is 305 Å². The summed E-state index contributed by atoms with van der Waals surface area (Å²) < 4.78 is 44.7. The summed E-state index contributed by atoms with van der Waals surface area (Å²) in [6.45, 7) is 11.1. The van der Waals surface area contributed by atoms with E-state index in [2.05, 4.69) is 42.9 Å². The second-order valence-electron chi connectivity index (χ2n) is 15.3. The molecule has 2 aromatic rings. The zero-order valence-electron chi connectivity index (χ0n) is 30.1. The van der Waals surface area contributed by atoms with Crippen molar-refractivity contribution >= 4 is 17.7 Å². The predicted molar refractivity (Wildman–Crippen MR) is 193 cm³/mol. The van der Waals surface area contributed by atoms with Crippen molar-refractivity contribution in [2.45, 2.75) is 63.7 Å². The van der Waals surface area contributed by atoms with Crippen LogP contribution in [0.5, 0.6) is 0 Å². The number of nitrogens with zero attached hydrogens (tertiary/aromatic N) is 8. The summed E-state index contributed by atoms with van der Waals surface area (Å²) in [5.74, 6) is 3.76. The molecule has 5 atom stereocenters. The highest BCUT2D eigenvalue weighted by Gasteiger charge is 2.44. The van der Waals surface area contributed by atoms with Gasteiger partial charge in [-0.1, -0.05) is 12.2 Å². The standard InChI is InChI=1S/C21H29N5O2.C18H22F3N3/c1-2-28-21(27)26-18-5-6-19(26)13-16(12-18)15-24-8-10-25(11-9-24)20-17(14-22)4-3-7-23-20;19-18(20,21)16-2-1-5-22-17(16)24-8-6-23(7-9-24)12-15-11-13-3-4-14(15)10-13/h3-4,7,16,18-19H,2,5-6,8-13,15H2,1H3;1-5,13-15H,6-12H2. The molecule has 4 aliphatic heterocycles. The van der Waals surface area contributed by atoms with Gasteiger partial charge in [0.1, 0.15) is 17.7 Å². The van der Waals surface area contributed by atoms with E-state index >= 15 is 0 Å². The minimum absolute atomic E-state index is 0.0764. The number of aromatic nitrogens is 2. The van der Waals surface area contributed by atoms with Crippen molar-refractivity contribution in [3.63, 3.8) is 0 Å². The molecule has 52 heavy (non-hydrogen) atoms. The van der Waals surface area contributed by atoms with Gasteiger partial charge < -0.3 is 19.4 Å². The molecule has 1 saturated carbocycles. The van der Waals surface area contributed by atoms with Gasteiger partial charge in [-0.05, 0) is 93.4 Å². The Hall–Kier alpha value is -3.89. The highest BCUT2D eigenvalue weighted by molar-refractivity contribution is 5.69. The molecule has 0 spiro atoms. The third-order valence-corrected chi connectivity index (χ3v) is 12.1. The first-order chi connectivity index (χ1) is 25.2. The Morgan fingerprint density at radius 3 is 2.04 bits per heavy atom. The molecule has 5 fully saturated rings. The first kappa shape index (κ1) is 36.5. The van der Waals surface area contributed by atoms with Gasteiger partial charge in [0.2, 0.25) is 0 Å². The summed E-state index contributed by atoms with van der Waals surface area (Å²) in [5.41, 5.74) is 0.0237. The molecule has 2 aliphatic carbocycles. The quantitative estimate of drug-likeness (QED) is 0.324.